The molecule has 406 valence electrons. The lowest BCUT2D eigenvalue weighted by atomic mass is 9.95. The molecule has 1 amide bonds. The third-order valence-electron chi connectivity index (χ3n) is 10.4. The summed E-state index contributed by atoms with van der Waals surface area (Å²) in [4.78, 5) is 42.2. The molecule has 37 heteroatoms. The number of carbonyl (C=O) groups is 1. The molecular weight excluding hydrogens is 1010 g/mol. The zero-order valence-electron chi connectivity index (χ0n) is 36.4. The van der Waals surface area contributed by atoms with Crippen molar-refractivity contribution in [1.29, 1.82) is 0 Å². The Hall–Kier alpha value is -1.00. The molecule has 4 heterocycles. The van der Waals surface area contributed by atoms with Crippen LogP contribution in [-0.4, -0.2) is 260 Å². The topological polar surface area (TPSA) is 541 Å². The molecule has 4 saturated heterocycles. The second-order valence-electron chi connectivity index (χ2n) is 15.5. The van der Waals surface area contributed by atoms with Crippen molar-refractivity contribution < 1.29 is 145 Å². The molecule has 23 atom stereocenters. The Bertz CT molecular complexity index is 1740. The first-order valence-corrected chi connectivity index (χ1v) is 25.3. The van der Waals surface area contributed by atoms with Gasteiger partial charge in [0, 0.05) is 26.6 Å². The summed E-state index contributed by atoms with van der Waals surface area (Å²) in [6.45, 7) is -5.33. The molecular formula is C32H63N4O30P3. The molecule has 69 heavy (non-hydrogen) atoms. The van der Waals surface area contributed by atoms with Gasteiger partial charge in [0.2, 0.25) is 5.91 Å². The highest BCUT2D eigenvalue weighted by molar-refractivity contribution is 7.47. The maximum atomic E-state index is 12.5. The first-order valence-electron chi connectivity index (χ1n) is 20.8. The van der Waals surface area contributed by atoms with E-state index in [1.807, 2.05) is 0 Å². The van der Waals surface area contributed by atoms with E-state index in [9.17, 15) is 84.2 Å². The van der Waals surface area contributed by atoms with Gasteiger partial charge in [0.15, 0.2) is 25.2 Å². The van der Waals surface area contributed by atoms with E-state index < -0.39 is 198 Å². The van der Waals surface area contributed by atoms with Gasteiger partial charge in [-0.25, -0.2) is 13.7 Å². The van der Waals surface area contributed by atoms with Crippen LogP contribution in [0.15, 0.2) is 0 Å². The van der Waals surface area contributed by atoms with Gasteiger partial charge in [-0.15, -0.1) is 0 Å². The average Bonchev–Trinajstić information content (AvgIpc) is 3.29. The van der Waals surface area contributed by atoms with Gasteiger partial charge in [-0.05, 0) is 0 Å². The molecule has 4 aliphatic heterocycles. The lowest BCUT2D eigenvalue weighted by molar-refractivity contribution is -0.400. The average molecular weight is 1080 g/mol. The molecule has 0 bridgehead atoms. The van der Waals surface area contributed by atoms with E-state index in [0.717, 1.165) is 6.92 Å². The molecule has 34 nitrogen and oxygen atoms in total. The number of aliphatic hydroxyl groups excluding tert-OH is 10. The molecule has 0 aromatic carbocycles. The van der Waals surface area contributed by atoms with Crippen LogP contribution in [0, 0.1) is 0 Å². The summed E-state index contributed by atoms with van der Waals surface area (Å²) >= 11 is 0. The summed E-state index contributed by atoms with van der Waals surface area (Å²) in [6, 6.07) is -1.67. The Labute approximate surface area is 391 Å². The summed E-state index contributed by atoms with van der Waals surface area (Å²) in [5.41, 5.74) is 15.9. The number of hydrogen-bond donors (Lipinski definition) is 17. The lowest BCUT2D eigenvalue weighted by Gasteiger charge is -2.50. The minimum atomic E-state index is -4.96. The van der Waals surface area contributed by atoms with Crippen molar-refractivity contribution in [3.05, 3.63) is 0 Å². The van der Waals surface area contributed by atoms with Crippen molar-refractivity contribution >= 4 is 29.4 Å². The fourth-order valence-corrected chi connectivity index (χ4v) is 9.22. The van der Waals surface area contributed by atoms with Crippen LogP contribution in [0.2, 0.25) is 0 Å². The predicted molar refractivity (Wildman–Crippen MR) is 217 cm³/mol. The first-order chi connectivity index (χ1) is 32.3. The van der Waals surface area contributed by atoms with Crippen molar-refractivity contribution in [2.24, 2.45) is 17.2 Å². The molecule has 4 aliphatic rings. The molecule has 0 spiro atoms. The van der Waals surface area contributed by atoms with E-state index >= 15 is 0 Å². The molecule has 4 rings (SSSR count). The van der Waals surface area contributed by atoms with Crippen LogP contribution in [0.1, 0.15) is 6.92 Å². The summed E-state index contributed by atoms with van der Waals surface area (Å²) in [6.07, 6.45) is -40.3. The van der Waals surface area contributed by atoms with Gasteiger partial charge >= 0.3 is 23.5 Å². The lowest BCUT2D eigenvalue weighted by Crippen LogP contribution is -2.69. The highest BCUT2D eigenvalue weighted by Crippen LogP contribution is 2.46. The Balaban J connectivity index is 1.74. The zero-order chi connectivity index (χ0) is 51.6. The molecule has 4 fully saturated rings. The normalized spacial score (nSPS) is 41.4. The van der Waals surface area contributed by atoms with Crippen molar-refractivity contribution in [2.45, 2.75) is 130 Å². The van der Waals surface area contributed by atoms with Gasteiger partial charge in [-0.2, -0.15) is 0 Å². The smallest absolute Gasteiger partial charge is 0.394 e. The first kappa shape index (κ1) is 60.6. The third kappa shape index (κ3) is 16.8. The van der Waals surface area contributed by atoms with Crippen LogP contribution in [0.3, 0.4) is 0 Å². The molecule has 0 radical (unpaired) electrons. The number of hydrogen-bond acceptors (Lipinski definition) is 30. The number of phosphoric ester groups is 3. The van der Waals surface area contributed by atoms with Crippen molar-refractivity contribution in [2.75, 3.05) is 65.9 Å². The number of aliphatic hydroxyl groups is 10. The van der Waals surface area contributed by atoms with Crippen molar-refractivity contribution in [3.8, 4) is 0 Å². The minimum Gasteiger partial charge on any atom is -0.394 e. The SMILES string of the molecule is CC(=O)N[C@@H]1[C@@H](O)[C@H](O[C@H]2O[C@H](COP(=O)(O)OCCN)[C@@H](O)[C@H](O)[C@@H]2O[C@H]2O[C@H](COP(=O)(O)OCCN)[C@@H](O)[C@H](O)[C@@H]2O[C@H]2O[C@H](COP(=O)(O)OCCN)[C@@H](O)[C@H](O)[C@@H]2O)[C@@H](CO)O[C@H]1O. The van der Waals surface area contributed by atoms with Gasteiger partial charge in [0.05, 0.1) is 46.2 Å². The number of phosphoric acid groups is 3. The minimum absolute atomic E-state index is 0.210. The molecule has 0 aromatic rings. The van der Waals surface area contributed by atoms with Gasteiger partial charge in [0.1, 0.15) is 97.6 Å². The number of nitrogens with two attached hydrogens (primary N) is 3. The Morgan fingerprint density at radius 3 is 1.23 bits per heavy atom. The van der Waals surface area contributed by atoms with E-state index in [1.54, 1.807) is 0 Å². The summed E-state index contributed by atoms with van der Waals surface area (Å²) in [5.74, 6) is -0.791. The predicted octanol–water partition coefficient (Wildman–Crippen LogP) is -9.31. The van der Waals surface area contributed by atoms with Crippen LogP contribution in [-0.2, 0) is 78.8 Å². The maximum absolute atomic E-state index is 12.5. The van der Waals surface area contributed by atoms with Gasteiger partial charge in [-0.1, -0.05) is 0 Å². The van der Waals surface area contributed by atoms with Crippen LogP contribution >= 0.6 is 23.5 Å². The molecule has 3 unspecified atom stereocenters. The third-order valence-corrected chi connectivity index (χ3v) is 13.3. The maximum Gasteiger partial charge on any atom is 0.472 e. The highest BCUT2D eigenvalue weighted by Gasteiger charge is 2.57. The highest BCUT2D eigenvalue weighted by atomic mass is 31.2. The van der Waals surface area contributed by atoms with Crippen LogP contribution in [0.4, 0.5) is 0 Å². The van der Waals surface area contributed by atoms with E-state index in [2.05, 4.69) is 18.9 Å². The molecule has 0 saturated carbocycles. The molecule has 0 aromatic heterocycles. The number of rotatable bonds is 26. The standard InChI is InChI=1S/C32H63N4O30P3/c1-12(38)36-17-21(42)26(13(8-37)60-29(17)47)64-31-28(24(45)20(41)15(62-31)10-58-68(50,51)55-6-3-34)66-32-27(23(44)19(40)16(63-32)11-59-69(52,53)56-7-4-35)65-30-25(46)22(43)18(39)14(61-30)9-57-67(48,49)54-5-2-33/h13-32,37,39-47H,2-11,33-35H2,1H3,(H,36,38)(H,48,49)(H,50,51)(H,52,53)/t13-,14-,15-,16-,17-,18-,19-,20-,21-,22+,23+,24+,25+,26-,27+,28+,29-,30-,31-,32-/m1/s1. The fraction of sp³-hybridized carbons (Fsp3) is 0.969. The van der Waals surface area contributed by atoms with Gasteiger partial charge in [-0.3, -0.25) is 31.9 Å². The summed E-state index contributed by atoms with van der Waals surface area (Å²) < 4.78 is 106. The van der Waals surface area contributed by atoms with E-state index in [1.165, 1.54) is 0 Å². The number of nitrogens with one attached hydrogen (secondary N) is 1. The molecule has 0 aliphatic carbocycles. The van der Waals surface area contributed by atoms with E-state index in [4.69, 9.17) is 63.9 Å². The van der Waals surface area contributed by atoms with E-state index in [-0.39, 0.29) is 19.6 Å². The Kier molecular flexibility index (Phi) is 23.7. The fourth-order valence-electron chi connectivity index (χ4n) is 6.99. The Morgan fingerprint density at radius 1 is 0.493 bits per heavy atom. The number of ether oxygens (including phenoxy) is 7. The second kappa shape index (κ2) is 27.0. The summed E-state index contributed by atoms with van der Waals surface area (Å²) in [7, 11) is -14.8. The largest absolute Gasteiger partial charge is 0.472 e. The quantitative estimate of drug-likeness (QED) is 0.0358. The van der Waals surface area contributed by atoms with Crippen LogP contribution in [0.5, 0.6) is 0 Å². The Morgan fingerprint density at radius 2 is 0.855 bits per heavy atom. The monoisotopic (exact) mass is 1080 g/mol. The number of amides is 1. The van der Waals surface area contributed by atoms with Gasteiger partial charge < -0.3 is 121 Å². The van der Waals surface area contributed by atoms with Crippen LogP contribution in [0.25, 0.3) is 0 Å². The summed E-state index contributed by atoms with van der Waals surface area (Å²) in [5, 5.41) is 112. The number of carbonyl (C=O) groups excluding carboxylic acids is 1. The zero-order valence-corrected chi connectivity index (χ0v) is 39.1. The van der Waals surface area contributed by atoms with Gasteiger partial charge in [0.25, 0.3) is 0 Å². The second-order valence-corrected chi connectivity index (χ2v) is 19.8. The van der Waals surface area contributed by atoms with E-state index in [0.29, 0.717) is 0 Å². The van der Waals surface area contributed by atoms with Crippen molar-refractivity contribution in [3.63, 3.8) is 0 Å². The van der Waals surface area contributed by atoms with Crippen molar-refractivity contribution in [1.82, 2.24) is 5.32 Å². The van der Waals surface area contributed by atoms with Crippen LogP contribution < -0.4 is 22.5 Å². The molecule has 20 N–H and O–H groups in total.